The van der Waals surface area contributed by atoms with E-state index in [2.05, 4.69) is 39.3 Å². The van der Waals surface area contributed by atoms with Gasteiger partial charge in [-0.2, -0.15) is 0 Å². The molecule has 2 aromatic heterocycles. The summed E-state index contributed by atoms with van der Waals surface area (Å²) in [6.45, 7) is 3.37. The molecule has 0 radical (unpaired) electrons. The zero-order chi connectivity index (χ0) is 13.1. The van der Waals surface area contributed by atoms with Gasteiger partial charge in [0.15, 0.2) is 0 Å². The normalized spacial score (nSPS) is 13.2. The van der Waals surface area contributed by atoms with E-state index < -0.39 is 0 Å². The molecule has 0 spiro atoms. The molecule has 0 saturated carbocycles. The van der Waals surface area contributed by atoms with Crippen molar-refractivity contribution in [3.8, 4) is 0 Å². The predicted molar refractivity (Wildman–Crippen MR) is 78.7 cm³/mol. The van der Waals surface area contributed by atoms with Crippen LogP contribution in [0.5, 0.6) is 0 Å². The summed E-state index contributed by atoms with van der Waals surface area (Å²) in [5, 5.41) is 2.15. The molecule has 2 aromatic rings. The lowest BCUT2D eigenvalue weighted by atomic mass is 10.2. The van der Waals surface area contributed by atoms with E-state index in [1.807, 2.05) is 19.1 Å². The maximum Gasteiger partial charge on any atom is 0.122 e. The van der Waals surface area contributed by atoms with Gasteiger partial charge >= 0.3 is 0 Å². The second-order valence-corrected chi connectivity index (χ2v) is 6.66. The van der Waals surface area contributed by atoms with Crippen LogP contribution >= 0.6 is 27.3 Å². The molecular formula is C13H17BrN2OS. The number of aryl methyl sites for hydroxylation is 1. The lowest BCUT2D eigenvalue weighted by molar-refractivity contribution is 0.211. The maximum atomic E-state index is 5.87. The van der Waals surface area contributed by atoms with E-state index in [1.54, 1.807) is 11.3 Å². The molecule has 2 N–H and O–H groups in total. The molecule has 0 aliphatic heterocycles. The van der Waals surface area contributed by atoms with Gasteiger partial charge in [-0.25, -0.2) is 0 Å². The molecule has 5 heteroatoms. The third-order valence-electron chi connectivity index (χ3n) is 2.90. The third-order valence-corrected chi connectivity index (χ3v) is 4.45. The van der Waals surface area contributed by atoms with E-state index in [9.17, 15) is 0 Å². The molecule has 18 heavy (non-hydrogen) atoms. The number of hydrogen-bond acceptors (Lipinski definition) is 4. The number of halogens is 1. The second-order valence-electron chi connectivity index (χ2n) is 4.37. The summed E-state index contributed by atoms with van der Waals surface area (Å²) < 4.78 is 6.83. The number of hydrogen-bond donors (Lipinski definition) is 1. The number of nitrogens with two attached hydrogens (primary N) is 1. The molecule has 1 unspecified atom stereocenters. The van der Waals surface area contributed by atoms with E-state index in [0.717, 1.165) is 21.9 Å². The van der Waals surface area contributed by atoms with E-state index in [0.29, 0.717) is 6.54 Å². The van der Waals surface area contributed by atoms with Crippen LogP contribution in [-0.4, -0.2) is 18.5 Å². The van der Waals surface area contributed by atoms with Crippen LogP contribution in [0.4, 0.5) is 0 Å². The molecule has 0 bridgehead atoms. The molecular weight excluding hydrogens is 312 g/mol. The minimum atomic E-state index is 0.123. The second kappa shape index (κ2) is 6.02. The van der Waals surface area contributed by atoms with E-state index in [4.69, 9.17) is 10.2 Å². The van der Waals surface area contributed by atoms with Gasteiger partial charge in [-0.15, -0.1) is 11.3 Å². The van der Waals surface area contributed by atoms with Crippen molar-refractivity contribution in [3.63, 3.8) is 0 Å². The van der Waals surface area contributed by atoms with Gasteiger partial charge in [-0.05, 0) is 59.0 Å². The molecule has 1 atom stereocenters. The van der Waals surface area contributed by atoms with E-state index in [-0.39, 0.29) is 6.04 Å². The lowest BCUT2D eigenvalue weighted by Crippen LogP contribution is -2.29. The predicted octanol–water partition coefficient (Wildman–Crippen LogP) is 3.54. The van der Waals surface area contributed by atoms with Crippen molar-refractivity contribution in [2.24, 2.45) is 5.73 Å². The topological polar surface area (TPSA) is 42.4 Å². The van der Waals surface area contributed by atoms with Crippen molar-refractivity contribution >= 4 is 27.3 Å². The average molecular weight is 329 g/mol. The highest BCUT2D eigenvalue weighted by Gasteiger charge is 2.19. The quantitative estimate of drug-likeness (QED) is 0.912. The number of rotatable bonds is 5. The summed E-state index contributed by atoms with van der Waals surface area (Å²) >= 11 is 5.18. The van der Waals surface area contributed by atoms with Crippen LogP contribution in [0.25, 0.3) is 0 Å². The van der Waals surface area contributed by atoms with Crippen LogP contribution in [0.1, 0.15) is 23.1 Å². The van der Waals surface area contributed by atoms with Gasteiger partial charge < -0.3 is 10.2 Å². The molecule has 98 valence electrons. The summed E-state index contributed by atoms with van der Waals surface area (Å²) in [6, 6.07) is 6.25. The van der Waals surface area contributed by atoms with Crippen LogP contribution in [0.3, 0.4) is 0 Å². The van der Waals surface area contributed by atoms with Crippen molar-refractivity contribution < 1.29 is 4.42 Å². The number of nitrogens with zero attached hydrogens (tertiary/aromatic N) is 1. The molecule has 0 saturated heterocycles. The molecule has 0 aromatic carbocycles. The highest BCUT2D eigenvalue weighted by molar-refractivity contribution is 9.11. The van der Waals surface area contributed by atoms with Crippen molar-refractivity contribution in [3.05, 3.63) is 44.4 Å². The first-order valence-corrected chi connectivity index (χ1v) is 7.47. The Bertz CT molecular complexity index is 509. The largest absolute Gasteiger partial charge is 0.465 e. The van der Waals surface area contributed by atoms with Crippen molar-refractivity contribution in [2.45, 2.75) is 19.5 Å². The molecule has 0 amide bonds. The fourth-order valence-electron chi connectivity index (χ4n) is 1.97. The summed E-state index contributed by atoms with van der Waals surface area (Å²) in [5.74, 6) is 1.86. The van der Waals surface area contributed by atoms with Gasteiger partial charge in [-0.3, -0.25) is 4.90 Å². The lowest BCUT2D eigenvalue weighted by Gasteiger charge is -2.24. The molecule has 2 heterocycles. The molecule has 3 nitrogen and oxygen atoms in total. The number of thiophene rings is 1. The van der Waals surface area contributed by atoms with Crippen LogP contribution in [0, 0.1) is 6.92 Å². The Morgan fingerprint density at radius 2 is 2.28 bits per heavy atom. The Kier molecular flexibility index (Phi) is 4.61. The highest BCUT2D eigenvalue weighted by atomic mass is 79.9. The van der Waals surface area contributed by atoms with Crippen LogP contribution < -0.4 is 5.73 Å². The van der Waals surface area contributed by atoms with E-state index >= 15 is 0 Å². The van der Waals surface area contributed by atoms with Crippen molar-refractivity contribution in [1.82, 2.24) is 4.90 Å². The maximum absolute atomic E-state index is 5.87. The monoisotopic (exact) mass is 328 g/mol. The van der Waals surface area contributed by atoms with Crippen molar-refractivity contribution in [1.29, 1.82) is 0 Å². The van der Waals surface area contributed by atoms with Gasteiger partial charge in [0.25, 0.3) is 0 Å². The van der Waals surface area contributed by atoms with Crippen molar-refractivity contribution in [2.75, 3.05) is 13.6 Å². The smallest absolute Gasteiger partial charge is 0.122 e. The van der Waals surface area contributed by atoms with Crippen LogP contribution in [0.2, 0.25) is 0 Å². The summed E-state index contributed by atoms with van der Waals surface area (Å²) in [4.78, 5) is 2.22. The van der Waals surface area contributed by atoms with Gasteiger partial charge in [-0.1, -0.05) is 0 Å². The molecule has 0 fully saturated rings. The Balaban J connectivity index is 2.08. The summed E-state index contributed by atoms with van der Waals surface area (Å²) in [5.41, 5.74) is 7.15. The van der Waals surface area contributed by atoms with E-state index in [1.165, 1.54) is 5.56 Å². The zero-order valence-electron chi connectivity index (χ0n) is 10.5. The molecule has 0 aliphatic rings. The Labute approximate surface area is 120 Å². The van der Waals surface area contributed by atoms with Crippen LogP contribution in [0.15, 0.2) is 31.8 Å². The molecule has 0 aliphatic carbocycles. The van der Waals surface area contributed by atoms with Gasteiger partial charge in [0.05, 0.1) is 9.83 Å². The number of furan rings is 1. The average Bonchev–Trinajstić information content (AvgIpc) is 2.89. The number of likely N-dealkylation sites (N-methyl/N-ethyl adjacent to an activating group) is 1. The fraction of sp³-hybridized carbons (Fsp3) is 0.385. The Morgan fingerprint density at radius 1 is 1.50 bits per heavy atom. The molecule has 2 rings (SSSR count). The zero-order valence-corrected chi connectivity index (χ0v) is 12.9. The SMILES string of the molecule is Cc1ccc(C(CN)N(C)Cc2csc(Br)c2)o1. The van der Waals surface area contributed by atoms with Gasteiger partial charge in [0.2, 0.25) is 0 Å². The Hall–Kier alpha value is -0.620. The minimum absolute atomic E-state index is 0.123. The summed E-state index contributed by atoms with van der Waals surface area (Å²) in [7, 11) is 2.07. The van der Waals surface area contributed by atoms with Gasteiger partial charge in [0, 0.05) is 13.1 Å². The Morgan fingerprint density at radius 3 is 2.78 bits per heavy atom. The third kappa shape index (κ3) is 3.23. The first-order chi connectivity index (χ1) is 8.60. The fourth-order valence-corrected chi connectivity index (χ4v) is 3.17. The van der Waals surface area contributed by atoms with Crippen LogP contribution in [-0.2, 0) is 6.54 Å². The summed E-state index contributed by atoms with van der Waals surface area (Å²) in [6.07, 6.45) is 0. The highest BCUT2D eigenvalue weighted by Crippen LogP contribution is 2.25. The first kappa shape index (κ1) is 13.8. The first-order valence-electron chi connectivity index (χ1n) is 5.79. The van der Waals surface area contributed by atoms with Gasteiger partial charge in [0.1, 0.15) is 11.5 Å². The standard InChI is InChI=1S/C13H17BrN2OS/c1-9-3-4-12(17-9)11(6-15)16(2)7-10-5-13(14)18-8-10/h3-5,8,11H,6-7,15H2,1-2H3. The minimum Gasteiger partial charge on any atom is -0.465 e.